The molecule has 1 amide bonds. The number of amides is 1. The summed E-state index contributed by atoms with van der Waals surface area (Å²) in [6.45, 7) is 1.90. The third-order valence-corrected chi connectivity index (χ3v) is 4.80. The molecule has 0 aliphatic heterocycles. The van der Waals surface area contributed by atoms with Crippen molar-refractivity contribution in [3.63, 3.8) is 0 Å². The molecule has 0 aliphatic rings. The predicted molar refractivity (Wildman–Crippen MR) is 96.6 cm³/mol. The number of rotatable bonds is 5. The Hall–Kier alpha value is -1.95. The Morgan fingerprint density at radius 1 is 1.26 bits per heavy atom. The van der Waals surface area contributed by atoms with E-state index in [4.69, 9.17) is 0 Å². The first kappa shape index (κ1) is 17.4. The van der Waals surface area contributed by atoms with Gasteiger partial charge in [0.05, 0.1) is 5.52 Å². The number of aromatic nitrogens is 1. The lowest BCUT2D eigenvalue weighted by Gasteiger charge is -2.25. The average molecular weight is 333 g/mol. The van der Waals surface area contributed by atoms with Gasteiger partial charge in [0.15, 0.2) is 0 Å². The second-order valence-electron chi connectivity index (χ2n) is 5.94. The van der Waals surface area contributed by atoms with Crippen LogP contribution in [0.3, 0.4) is 0 Å². The SMILES string of the molecule is C[C@@H](C[S@](C)=O)N(C)C(=O)c1cc(N(C)C)c2ccccc2n1. The zero-order valence-corrected chi connectivity index (χ0v) is 15.1. The molecule has 0 saturated carbocycles. The quantitative estimate of drug-likeness (QED) is 0.841. The first-order valence-corrected chi connectivity index (χ1v) is 9.18. The number of carbonyl (C=O) groups excluding carboxylic acids is 1. The van der Waals surface area contributed by atoms with Gasteiger partial charge in [0, 0.05) is 61.1 Å². The van der Waals surface area contributed by atoms with Gasteiger partial charge in [0.25, 0.3) is 5.91 Å². The minimum Gasteiger partial charge on any atom is -0.377 e. The van der Waals surface area contributed by atoms with Crippen LogP contribution < -0.4 is 4.90 Å². The summed E-state index contributed by atoms with van der Waals surface area (Å²) in [6.07, 6.45) is 1.65. The van der Waals surface area contributed by atoms with Crippen LogP contribution in [-0.2, 0) is 10.8 Å². The van der Waals surface area contributed by atoms with E-state index >= 15 is 0 Å². The number of fused-ring (bicyclic) bond motifs is 1. The van der Waals surface area contributed by atoms with Gasteiger partial charge in [-0.15, -0.1) is 0 Å². The van der Waals surface area contributed by atoms with Gasteiger partial charge in [0.1, 0.15) is 5.69 Å². The highest BCUT2D eigenvalue weighted by Crippen LogP contribution is 2.25. The number of pyridine rings is 1. The van der Waals surface area contributed by atoms with E-state index in [1.54, 1.807) is 18.2 Å². The monoisotopic (exact) mass is 333 g/mol. The molecule has 0 N–H and O–H groups in total. The Morgan fingerprint density at radius 3 is 2.52 bits per heavy atom. The molecule has 1 aromatic heterocycles. The normalized spacial score (nSPS) is 13.6. The number of nitrogens with zero attached hydrogens (tertiary/aromatic N) is 3. The molecule has 23 heavy (non-hydrogen) atoms. The Kier molecular flexibility index (Phi) is 5.36. The van der Waals surface area contributed by atoms with Crippen molar-refractivity contribution in [2.75, 3.05) is 38.1 Å². The summed E-state index contributed by atoms with van der Waals surface area (Å²) >= 11 is 0. The lowest BCUT2D eigenvalue weighted by atomic mass is 10.1. The highest BCUT2D eigenvalue weighted by molar-refractivity contribution is 7.84. The van der Waals surface area contributed by atoms with E-state index in [-0.39, 0.29) is 11.9 Å². The van der Waals surface area contributed by atoms with E-state index in [2.05, 4.69) is 4.98 Å². The number of benzene rings is 1. The van der Waals surface area contributed by atoms with Gasteiger partial charge >= 0.3 is 0 Å². The van der Waals surface area contributed by atoms with Crippen LogP contribution in [0.25, 0.3) is 10.9 Å². The standard InChI is InChI=1S/C17H23N3O2S/c1-12(11-23(5)22)20(4)17(21)15-10-16(19(2)3)13-8-6-7-9-14(13)18-15/h6-10,12H,11H2,1-5H3/t12-,23-/m0/s1. The number of hydrogen-bond donors (Lipinski definition) is 0. The summed E-state index contributed by atoms with van der Waals surface area (Å²) in [5, 5.41) is 1.01. The van der Waals surface area contributed by atoms with E-state index in [9.17, 15) is 9.00 Å². The molecule has 1 heterocycles. The topological polar surface area (TPSA) is 53.5 Å². The van der Waals surface area contributed by atoms with Gasteiger partial charge in [-0.25, -0.2) is 4.98 Å². The van der Waals surface area contributed by atoms with E-state index in [1.807, 2.05) is 56.3 Å². The first-order valence-electron chi connectivity index (χ1n) is 7.45. The van der Waals surface area contributed by atoms with E-state index in [0.717, 1.165) is 16.6 Å². The maximum atomic E-state index is 12.7. The second kappa shape index (κ2) is 7.08. The molecule has 1 aromatic carbocycles. The summed E-state index contributed by atoms with van der Waals surface area (Å²) in [6, 6.07) is 9.49. The third kappa shape index (κ3) is 3.88. The molecule has 124 valence electrons. The molecule has 5 nitrogen and oxygen atoms in total. The number of para-hydroxylation sites is 1. The van der Waals surface area contributed by atoms with E-state index in [0.29, 0.717) is 11.4 Å². The number of carbonyl (C=O) groups is 1. The molecule has 0 fully saturated rings. The van der Waals surface area contributed by atoms with E-state index < -0.39 is 10.8 Å². The molecular weight excluding hydrogens is 310 g/mol. The molecule has 6 heteroatoms. The van der Waals surface area contributed by atoms with Crippen LogP contribution in [0.15, 0.2) is 30.3 Å². The summed E-state index contributed by atoms with van der Waals surface area (Å²) in [5.41, 5.74) is 2.16. The highest BCUT2D eigenvalue weighted by atomic mass is 32.2. The van der Waals surface area contributed by atoms with Crippen molar-refractivity contribution in [2.24, 2.45) is 0 Å². The fourth-order valence-electron chi connectivity index (χ4n) is 2.47. The van der Waals surface area contributed by atoms with Gasteiger partial charge in [-0.2, -0.15) is 0 Å². The van der Waals surface area contributed by atoms with Gasteiger partial charge in [-0.1, -0.05) is 18.2 Å². The molecular formula is C17H23N3O2S. The van der Waals surface area contributed by atoms with Crippen molar-refractivity contribution in [1.82, 2.24) is 9.88 Å². The minimum absolute atomic E-state index is 0.107. The summed E-state index contributed by atoms with van der Waals surface area (Å²) < 4.78 is 11.4. The number of hydrogen-bond acceptors (Lipinski definition) is 4. The fraction of sp³-hybridized carbons (Fsp3) is 0.412. The maximum absolute atomic E-state index is 12.7. The van der Waals surface area contributed by atoms with Gasteiger partial charge in [0.2, 0.25) is 0 Å². The molecule has 0 aliphatic carbocycles. The lowest BCUT2D eigenvalue weighted by Crippen LogP contribution is -2.38. The molecule has 0 saturated heterocycles. The Bertz CT molecular complexity index is 746. The van der Waals surface area contributed by atoms with Crippen LogP contribution in [0.1, 0.15) is 17.4 Å². The van der Waals surface area contributed by atoms with Gasteiger partial charge in [-0.05, 0) is 19.1 Å². The average Bonchev–Trinajstić information content (AvgIpc) is 2.51. The van der Waals surface area contributed by atoms with Crippen molar-refractivity contribution in [3.8, 4) is 0 Å². The minimum atomic E-state index is -0.946. The molecule has 0 spiro atoms. The number of anilines is 1. The molecule has 2 atom stereocenters. The Labute approximate surface area is 139 Å². The smallest absolute Gasteiger partial charge is 0.272 e. The van der Waals surface area contributed by atoms with Gasteiger partial charge in [-0.3, -0.25) is 9.00 Å². The Morgan fingerprint density at radius 2 is 1.91 bits per heavy atom. The van der Waals surface area contributed by atoms with Crippen LogP contribution in [0.4, 0.5) is 5.69 Å². The summed E-state index contributed by atoms with van der Waals surface area (Å²) in [4.78, 5) is 20.8. The summed E-state index contributed by atoms with van der Waals surface area (Å²) in [7, 11) is 4.68. The zero-order chi connectivity index (χ0) is 17.1. The van der Waals surface area contributed by atoms with Crippen molar-refractivity contribution >= 4 is 33.3 Å². The predicted octanol–water partition coefficient (Wildman–Crippen LogP) is 2.14. The van der Waals surface area contributed by atoms with Crippen molar-refractivity contribution in [1.29, 1.82) is 0 Å². The fourth-order valence-corrected chi connectivity index (χ4v) is 3.37. The second-order valence-corrected chi connectivity index (χ2v) is 7.42. The van der Waals surface area contributed by atoms with Gasteiger partial charge < -0.3 is 9.80 Å². The molecule has 0 bridgehead atoms. The van der Waals surface area contributed by atoms with E-state index in [1.165, 1.54) is 0 Å². The van der Waals surface area contributed by atoms with Crippen LogP contribution in [0.2, 0.25) is 0 Å². The van der Waals surface area contributed by atoms with Crippen molar-refractivity contribution in [3.05, 3.63) is 36.0 Å². The molecule has 0 unspecified atom stereocenters. The maximum Gasteiger partial charge on any atom is 0.272 e. The van der Waals surface area contributed by atoms with Crippen LogP contribution >= 0.6 is 0 Å². The lowest BCUT2D eigenvalue weighted by molar-refractivity contribution is 0.0752. The third-order valence-electron chi connectivity index (χ3n) is 3.85. The molecule has 2 rings (SSSR count). The molecule has 0 radical (unpaired) electrons. The van der Waals surface area contributed by atoms with Crippen LogP contribution in [-0.4, -0.2) is 59.2 Å². The largest absolute Gasteiger partial charge is 0.377 e. The van der Waals surface area contributed by atoms with Crippen LogP contribution in [0.5, 0.6) is 0 Å². The van der Waals surface area contributed by atoms with Crippen molar-refractivity contribution < 1.29 is 9.00 Å². The Balaban J connectivity index is 2.43. The zero-order valence-electron chi connectivity index (χ0n) is 14.2. The van der Waals surface area contributed by atoms with Crippen molar-refractivity contribution in [2.45, 2.75) is 13.0 Å². The summed E-state index contributed by atoms with van der Waals surface area (Å²) in [5.74, 6) is 0.299. The first-order chi connectivity index (χ1) is 10.8. The molecule has 2 aromatic rings. The van der Waals surface area contributed by atoms with Crippen LogP contribution in [0, 0.1) is 0 Å². The highest BCUT2D eigenvalue weighted by Gasteiger charge is 2.21.